The number of hydrogen-bond donors (Lipinski definition) is 2. The fourth-order valence-corrected chi connectivity index (χ4v) is 2.17. The minimum Gasteiger partial charge on any atom is -0.497 e. The molecule has 0 saturated carbocycles. The molecule has 0 aromatic heterocycles. The topological polar surface area (TPSA) is 62.7 Å². The van der Waals surface area contributed by atoms with Crippen LogP contribution in [-0.2, 0) is 4.79 Å². The number of benzene rings is 2. The molecule has 1 amide bonds. The Morgan fingerprint density at radius 1 is 1.30 bits per heavy atom. The predicted octanol–water partition coefficient (Wildman–Crippen LogP) is 3.22. The molecule has 6 heteroatoms. The van der Waals surface area contributed by atoms with Gasteiger partial charge in [-0.2, -0.15) is 5.10 Å². The number of ether oxygens (including phenoxy) is 1. The van der Waals surface area contributed by atoms with Crippen molar-refractivity contribution in [1.29, 1.82) is 0 Å². The Balaban J connectivity index is 1.83. The Kier molecular flexibility index (Phi) is 6.00. The zero-order valence-corrected chi connectivity index (χ0v) is 13.7. The number of carbonyl (C=O) groups excluding carboxylic acids is 1. The van der Waals surface area contributed by atoms with E-state index >= 15 is 0 Å². The van der Waals surface area contributed by atoms with Crippen LogP contribution in [0, 0.1) is 6.92 Å². The average Bonchev–Trinajstić information content (AvgIpc) is 2.54. The first-order chi connectivity index (χ1) is 11.1. The second-order valence-electron chi connectivity index (χ2n) is 4.88. The Morgan fingerprint density at radius 2 is 2.13 bits per heavy atom. The van der Waals surface area contributed by atoms with Gasteiger partial charge in [-0.05, 0) is 48.4 Å². The molecule has 0 atom stereocenters. The molecule has 0 fully saturated rings. The fourth-order valence-electron chi connectivity index (χ4n) is 1.94. The Labute approximate surface area is 140 Å². The van der Waals surface area contributed by atoms with Gasteiger partial charge < -0.3 is 10.1 Å². The second kappa shape index (κ2) is 8.19. The van der Waals surface area contributed by atoms with Gasteiger partial charge in [0.05, 0.1) is 19.9 Å². The third kappa shape index (κ3) is 5.30. The highest BCUT2D eigenvalue weighted by molar-refractivity contribution is 6.30. The number of nitrogens with one attached hydrogen (secondary N) is 2. The molecule has 0 bridgehead atoms. The summed E-state index contributed by atoms with van der Waals surface area (Å²) < 4.78 is 5.12. The molecule has 2 aromatic carbocycles. The second-order valence-corrected chi connectivity index (χ2v) is 5.32. The lowest BCUT2D eigenvalue weighted by Gasteiger charge is -2.08. The van der Waals surface area contributed by atoms with Gasteiger partial charge in [-0.3, -0.25) is 4.79 Å². The Hall–Kier alpha value is -2.53. The van der Waals surface area contributed by atoms with E-state index in [9.17, 15) is 4.79 Å². The fraction of sp³-hybridized carbons (Fsp3) is 0.176. The number of methoxy groups -OCH3 is 1. The molecule has 0 aliphatic heterocycles. The zero-order valence-electron chi connectivity index (χ0n) is 13.0. The van der Waals surface area contributed by atoms with Crippen molar-refractivity contribution in [3.8, 4) is 5.75 Å². The van der Waals surface area contributed by atoms with E-state index in [2.05, 4.69) is 15.8 Å². The molecule has 2 aromatic rings. The minimum absolute atomic E-state index is 0.123. The van der Waals surface area contributed by atoms with Crippen molar-refractivity contribution in [3.05, 3.63) is 58.6 Å². The highest BCUT2D eigenvalue weighted by Crippen LogP contribution is 2.19. The van der Waals surface area contributed by atoms with Crippen LogP contribution in [0.25, 0.3) is 0 Å². The molecule has 120 valence electrons. The van der Waals surface area contributed by atoms with Crippen LogP contribution in [0.2, 0.25) is 5.02 Å². The molecule has 0 saturated heterocycles. The number of amides is 1. The van der Waals surface area contributed by atoms with Gasteiger partial charge in [0.1, 0.15) is 5.75 Å². The number of anilines is 1. The summed E-state index contributed by atoms with van der Waals surface area (Å²) in [4.78, 5) is 11.8. The largest absolute Gasteiger partial charge is 0.497 e. The van der Waals surface area contributed by atoms with Crippen LogP contribution in [-0.4, -0.2) is 25.8 Å². The zero-order chi connectivity index (χ0) is 16.7. The minimum atomic E-state index is -0.238. The predicted molar refractivity (Wildman–Crippen MR) is 93.4 cm³/mol. The van der Waals surface area contributed by atoms with E-state index in [0.29, 0.717) is 5.02 Å². The SMILES string of the molecule is COc1cccc(C=NNC(=O)CNc2ccc(Cl)cc2C)c1. The summed E-state index contributed by atoms with van der Waals surface area (Å²) in [6, 6.07) is 12.8. The van der Waals surface area contributed by atoms with Crippen molar-refractivity contribution < 1.29 is 9.53 Å². The molecule has 2 rings (SSSR count). The first-order valence-electron chi connectivity index (χ1n) is 7.04. The van der Waals surface area contributed by atoms with E-state index in [-0.39, 0.29) is 12.5 Å². The number of rotatable bonds is 6. The van der Waals surface area contributed by atoms with Gasteiger partial charge >= 0.3 is 0 Å². The highest BCUT2D eigenvalue weighted by atomic mass is 35.5. The van der Waals surface area contributed by atoms with Crippen LogP contribution < -0.4 is 15.5 Å². The summed E-state index contributed by atoms with van der Waals surface area (Å²) >= 11 is 5.89. The average molecular weight is 332 g/mol. The lowest BCUT2D eigenvalue weighted by Crippen LogP contribution is -2.26. The van der Waals surface area contributed by atoms with Gasteiger partial charge in [-0.15, -0.1) is 0 Å². The standard InChI is InChI=1S/C17H18ClN3O2/c1-12-8-14(18)6-7-16(12)19-11-17(22)21-20-10-13-4-3-5-15(9-13)23-2/h3-10,19H,11H2,1-2H3,(H,21,22). The summed E-state index contributed by atoms with van der Waals surface area (Å²) in [5.41, 5.74) is 5.15. The van der Waals surface area contributed by atoms with Crippen molar-refractivity contribution in [3.63, 3.8) is 0 Å². The Bertz CT molecular complexity index is 717. The summed E-state index contributed by atoms with van der Waals surface area (Å²) in [6.07, 6.45) is 1.56. The molecule has 0 unspecified atom stereocenters. The summed E-state index contributed by atoms with van der Waals surface area (Å²) in [5, 5.41) is 7.63. The van der Waals surface area contributed by atoms with Crippen LogP contribution in [0.4, 0.5) is 5.69 Å². The van der Waals surface area contributed by atoms with Crippen LogP contribution in [0.3, 0.4) is 0 Å². The molecule has 0 aliphatic rings. The number of carbonyl (C=O) groups is 1. The van der Waals surface area contributed by atoms with Crippen LogP contribution in [0.15, 0.2) is 47.6 Å². The maximum atomic E-state index is 11.8. The van der Waals surface area contributed by atoms with E-state index in [1.54, 1.807) is 19.4 Å². The van der Waals surface area contributed by atoms with E-state index in [0.717, 1.165) is 22.6 Å². The van der Waals surface area contributed by atoms with E-state index in [1.807, 2.05) is 43.3 Å². The van der Waals surface area contributed by atoms with Gasteiger partial charge in [0.2, 0.25) is 0 Å². The van der Waals surface area contributed by atoms with Crippen molar-refractivity contribution in [2.75, 3.05) is 19.0 Å². The molecular weight excluding hydrogens is 314 g/mol. The molecule has 5 nitrogen and oxygen atoms in total. The quantitative estimate of drug-likeness (QED) is 0.631. The van der Waals surface area contributed by atoms with Crippen molar-refractivity contribution in [2.45, 2.75) is 6.92 Å². The third-order valence-corrected chi connectivity index (χ3v) is 3.36. The van der Waals surface area contributed by atoms with Crippen LogP contribution in [0.5, 0.6) is 5.75 Å². The number of nitrogens with zero attached hydrogens (tertiary/aromatic N) is 1. The summed E-state index contributed by atoms with van der Waals surface area (Å²) in [5.74, 6) is 0.499. The molecule has 0 heterocycles. The van der Waals surface area contributed by atoms with Gasteiger partial charge in [-0.25, -0.2) is 5.43 Å². The van der Waals surface area contributed by atoms with Gasteiger partial charge in [-0.1, -0.05) is 23.7 Å². The molecule has 23 heavy (non-hydrogen) atoms. The van der Waals surface area contributed by atoms with Gasteiger partial charge in [0, 0.05) is 10.7 Å². The Morgan fingerprint density at radius 3 is 2.87 bits per heavy atom. The maximum Gasteiger partial charge on any atom is 0.259 e. The number of halogens is 1. The maximum absolute atomic E-state index is 11.8. The first kappa shape index (κ1) is 16.8. The smallest absolute Gasteiger partial charge is 0.259 e. The number of hydrazone groups is 1. The lowest BCUT2D eigenvalue weighted by atomic mass is 10.2. The van der Waals surface area contributed by atoms with E-state index in [4.69, 9.17) is 16.3 Å². The molecule has 0 radical (unpaired) electrons. The highest BCUT2D eigenvalue weighted by Gasteiger charge is 2.02. The monoisotopic (exact) mass is 331 g/mol. The number of aryl methyl sites for hydroxylation is 1. The van der Waals surface area contributed by atoms with E-state index in [1.165, 1.54) is 0 Å². The first-order valence-corrected chi connectivity index (χ1v) is 7.42. The lowest BCUT2D eigenvalue weighted by molar-refractivity contribution is -0.119. The van der Waals surface area contributed by atoms with Crippen molar-refractivity contribution >= 4 is 29.4 Å². The molecule has 0 spiro atoms. The summed E-state index contributed by atoms with van der Waals surface area (Å²) in [7, 11) is 1.60. The normalized spacial score (nSPS) is 10.6. The molecule has 2 N–H and O–H groups in total. The number of hydrogen-bond acceptors (Lipinski definition) is 4. The van der Waals surface area contributed by atoms with Crippen LogP contribution in [0.1, 0.15) is 11.1 Å². The van der Waals surface area contributed by atoms with Crippen molar-refractivity contribution in [2.24, 2.45) is 5.10 Å². The molecular formula is C17H18ClN3O2. The van der Waals surface area contributed by atoms with Gasteiger partial charge in [0.15, 0.2) is 0 Å². The molecule has 0 aliphatic carbocycles. The third-order valence-electron chi connectivity index (χ3n) is 3.12. The van der Waals surface area contributed by atoms with Crippen molar-refractivity contribution in [1.82, 2.24) is 5.43 Å². The van der Waals surface area contributed by atoms with Gasteiger partial charge in [0.25, 0.3) is 5.91 Å². The van der Waals surface area contributed by atoms with Crippen LogP contribution >= 0.6 is 11.6 Å². The summed E-state index contributed by atoms with van der Waals surface area (Å²) in [6.45, 7) is 2.05. The van der Waals surface area contributed by atoms with E-state index < -0.39 is 0 Å².